The molecule has 1 heterocycles. The second kappa shape index (κ2) is 5.79. The predicted molar refractivity (Wildman–Crippen MR) is 104 cm³/mol. The smallest absolute Gasteiger partial charge is 0.258 e. The molecule has 4 aliphatic carbocycles. The number of hydrogen-bond donors (Lipinski definition) is 0. The van der Waals surface area contributed by atoms with Crippen molar-refractivity contribution in [2.45, 2.75) is 57.3 Å². The largest absolute Gasteiger partial charge is 0.342 e. The fourth-order valence-corrected chi connectivity index (χ4v) is 7.29. The first-order valence-electron chi connectivity index (χ1n) is 10.7. The summed E-state index contributed by atoms with van der Waals surface area (Å²) < 4.78 is 6.41. The highest BCUT2D eigenvalue weighted by Gasteiger charge is 2.67. The fourth-order valence-electron chi connectivity index (χ4n) is 7.29. The van der Waals surface area contributed by atoms with E-state index in [1.807, 2.05) is 0 Å². The van der Waals surface area contributed by atoms with Gasteiger partial charge < -0.3 is 4.74 Å². The quantitative estimate of drug-likeness (QED) is 0.663. The Labute approximate surface area is 160 Å². The highest BCUT2D eigenvalue weighted by molar-refractivity contribution is 5.86. The third-order valence-corrected chi connectivity index (χ3v) is 7.78. The molecule has 0 spiro atoms. The van der Waals surface area contributed by atoms with Crippen LogP contribution in [0.5, 0.6) is 0 Å². The molecular formula is C24H28O3. The Kier molecular flexibility index (Phi) is 3.54. The zero-order valence-electron chi connectivity index (χ0n) is 16.0. The first-order chi connectivity index (χ1) is 13.2. The number of rotatable bonds is 4. The lowest BCUT2D eigenvalue weighted by atomic mass is 9.47. The van der Waals surface area contributed by atoms with Gasteiger partial charge in [0.2, 0.25) is 0 Å². The molecule has 4 bridgehead atoms. The van der Waals surface area contributed by atoms with E-state index >= 15 is 0 Å². The maximum absolute atomic E-state index is 6.41. The van der Waals surface area contributed by atoms with Gasteiger partial charge in [-0.25, -0.2) is 4.89 Å². The molecule has 0 amide bonds. The lowest BCUT2D eigenvalue weighted by molar-refractivity contribution is -0.601. The summed E-state index contributed by atoms with van der Waals surface area (Å²) in [6.45, 7) is 2.68. The average molecular weight is 364 g/mol. The SMILES string of the molecule is CCOC1(c2cccc3ccccc23)OOC1C12CC3CC(CC(C3)C1)C2. The van der Waals surface area contributed by atoms with Gasteiger partial charge in [0.1, 0.15) is 0 Å². The van der Waals surface area contributed by atoms with Crippen molar-refractivity contribution >= 4 is 10.8 Å². The van der Waals surface area contributed by atoms with Crippen LogP contribution in [-0.2, 0) is 20.3 Å². The summed E-state index contributed by atoms with van der Waals surface area (Å²) in [6.07, 6.45) is 8.16. The van der Waals surface area contributed by atoms with Crippen LogP contribution in [-0.4, -0.2) is 12.7 Å². The van der Waals surface area contributed by atoms with Gasteiger partial charge in [0.05, 0.1) is 0 Å². The normalized spacial score (nSPS) is 42.4. The van der Waals surface area contributed by atoms with Crippen molar-refractivity contribution in [1.29, 1.82) is 0 Å². The van der Waals surface area contributed by atoms with E-state index in [4.69, 9.17) is 14.5 Å². The van der Waals surface area contributed by atoms with Crippen molar-refractivity contribution in [3.8, 4) is 0 Å². The fraction of sp³-hybridized carbons (Fsp3) is 0.583. The van der Waals surface area contributed by atoms with E-state index in [1.165, 1.54) is 49.3 Å². The molecule has 142 valence electrons. The van der Waals surface area contributed by atoms with Gasteiger partial charge in [-0.3, -0.25) is 0 Å². The Morgan fingerprint density at radius 2 is 1.59 bits per heavy atom. The number of hydrogen-bond acceptors (Lipinski definition) is 3. The minimum absolute atomic E-state index is 0.00385. The highest BCUT2D eigenvalue weighted by Crippen LogP contribution is 2.66. The van der Waals surface area contributed by atoms with E-state index in [-0.39, 0.29) is 11.5 Å². The Balaban J connectivity index is 1.47. The Morgan fingerprint density at radius 3 is 2.22 bits per heavy atom. The minimum Gasteiger partial charge on any atom is -0.342 e. The van der Waals surface area contributed by atoms with Crippen LogP contribution in [0.25, 0.3) is 10.8 Å². The highest BCUT2D eigenvalue weighted by atomic mass is 17.3. The third-order valence-electron chi connectivity index (χ3n) is 7.78. The minimum atomic E-state index is -0.763. The first kappa shape index (κ1) is 16.5. The van der Waals surface area contributed by atoms with E-state index < -0.39 is 5.79 Å². The zero-order valence-corrected chi connectivity index (χ0v) is 16.0. The summed E-state index contributed by atoms with van der Waals surface area (Å²) in [5, 5.41) is 2.44. The van der Waals surface area contributed by atoms with Gasteiger partial charge in [0.25, 0.3) is 5.79 Å². The van der Waals surface area contributed by atoms with Crippen molar-refractivity contribution in [2.75, 3.05) is 6.61 Å². The van der Waals surface area contributed by atoms with E-state index in [0.717, 1.165) is 23.3 Å². The molecule has 3 heteroatoms. The Hall–Kier alpha value is -1.42. The second-order valence-electron chi connectivity index (χ2n) is 9.47. The van der Waals surface area contributed by atoms with Crippen LogP contribution in [0.1, 0.15) is 51.0 Å². The molecule has 4 saturated carbocycles. The molecule has 27 heavy (non-hydrogen) atoms. The molecule has 7 rings (SSSR count). The van der Waals surface area contributed by atoms with Crippen molar-refractivity contribution in [2.24, 2.45) is 23.2 Å². The predicted octanol–water partition coefficient (Wildman–Crippen LogP) is 5.58. The van der Waals surface area contributed by atoms with Crippen LogP contribution < -0.4 is 0 Å². The molecule has 5 aliphatic rings. The van der Waals surface area contributed by atoms with Crippen LogP contribution in [0.2, 0.25) is 0 Å². The van der Waals surface area contributed by atoms with Gasteiger partial charge in [-0.1, -0.05) is 42.5 Å². The molecule has 2 unspecified atom stereocenters. The molecule has 1 aliphatic heterocycles. The van der Waals surface area contributed by atoms with Crippen LogP contribution in [0, 0.1) is 23.2 Å². The van der Waals surface area contributed by atoms with Gasteiger partial charge in [-0.05, 0) is 74.0 Å². The molecule has 2 aromatic carbocycles. The summed E-state index contributed by atoms with van der Waals surface area (Å²) in [4.78, 5) is 11.9. The van der Waals surface area contributed by atoms with Gasteiger partial charge >= 0.3 is 0 Å². The average Bonchev–Trinajstić information content (AvgIpc) is 2.63. The molecule has 1 saturated heterocycles. The third kappa shape index (κ3) is 2.25. The van der Waals surface area contributed by atoms with Gasteiger partial charge in [0, 0.05) is 17.6 Å². The second-order valence-corrected chi connectivity index (χ2v) is 9.47. The molecule has 5 fully saturated rings. The van der Waals surface area contributed by atoms with E-state index in [1.54, 1.807) is 0 Å². The van der Waals surface area contributed by atoms with Gasteiger partial charge in [-0.2, -0.15) is 4.89 Å². The van der Waals surface area contributed by atoms with Gasteiger partial charge in [-0.15, -0.1) is 0 Å². The Bertz CT molecular complexity index is 834. The van der Waals surface area contributed by atoms with Crippen molar-refractivity contribution in [3.05, 3.63) is 48.0 Å². The van der Waals surface area contributed by atoms with Crippen LogP contribution in [0.3, 0.4) is 0 Å². The van der Waals surface area contributed by atoms with Crippen LogP contribution >= 0.6 is 0 Å². The van der Waals surface area contributed by atoms with Crippen LogP contribution in [0.15, 0.2) is 42.5 Å². The lowest BCUT2D eigenvalue weighted by Crippen LogP contribution is -2.66. The molecule has 2 atom stereocenters. The number of benzene rings is 2. The van der Waals surface area contributed by atoms with E-state index in [0.29, 0.717) is 6.61 Å². The summed E-state index contributed by atoms with van der Waals surface area (Å²) in [5.41, 5.74) is 1.36. The number of fused-ring (bicyclic) bond motifs is 1. The van der Waals surface area contributed by atoms with E-state index in [9.17, 15) is 0 Å². The molecular weight excluding hydrogens is 336 g/mol. The number of ether oxygens (including phenoxy) is 1. The molecule has 0 aromatic heterocycles. The first-order valence-corrected chi connectivity index (χ1v) is 10.7. The zero-order chi connectivity index (χ0) is 18.1. The molecule has 0 radical (unpaired) electrons. The maximum Gasteiger partial charge on any atom is 0.258 e. The van der Waals surface area contributed by atoms with Crippen molar-refractivity contribution in [3.63, 3.8) is 0 Å². The topological polar surface area (TPSA) is 27.7 Å². The van der Waals surface area contributed by atoms with Crippen molar-refractivity contribution in [1.82, 2.24) is 0 Å². The Morgan fingerprint density at radius 1 is 0.926 bits per heavy atom. The molecule has 0 N–H and O–H groups in total. The summed E-state index contributed by atoms with van der Waals surface area (Å²) in [7, 11) is 0. The monoisotopic (exact) mass is 364 g/mol. The molecule has 3 nitrogen and oxygen atoms in total. The van der Waals surface area contributed by atoms with E-state index in [2.05, 4.69) is 49.4 Å². The standard InChI is InChI=1S/C24H28O3/c1-2-25-24(21-9-5-7-19-6-3-4-8-20(19)21)22(26-27-24)23-13-16-10-17(14-23)12-18(11-16)15-23/h3-9,16-18,22H,2,10-15H2,1H3. The lowest BCUT2D eigenvalue weighted by Gasteiger charge is -2.63. The van der Waals surface area contributed by atoms with Crippen molar-refractivity contribution < 1.29 is 14.5 Å². The summed E-state index contributed by atoms with van der Waals surface area (Å²) >= 11 is 0. The maximum atomic E-state index is 6.41. The van der Waals surface area contributed by atoms with Gasteiger partial charge in [0.15, 0.2) is 6.10 Å². The summed E-state index contributed by atoms with van der Waals surface area (Å²) in [5.74, 6) is 1.88. The van der Waals surface area contributed by atoms with Crippen LogP contribution in [0.4, 0.5) is 0 Å². The molecule has 2 aromatic rings. The summed E-state index contributed by atoms with van der Waals surface area (Å²) in [6, 6.07) is 15.0.